The average molecular weight is 340 g/mol. The molecule has 0 saturated heterocycles. The van der Waals surface area contributed by atoms with E-state index < -0.39 is 49.6 Å². The van der Waals surface area contributed by atoms with Crippen LogP contribution in [0.25, 0.3) is 0 Å². The van der Waals surface area contributed by atoms with Gasteiger partial charge in [-0.1, -0.05) is 0 Å². The molecular weight excluding hydrogens is 324 g/mol. The molecule has 1 rings (SSSR count). The van der Waals surface area contributed by atoms with Crippen LogP contribution in [0.15, 0.2) is 0 Å². The van der Waals surface area contributed by atoms with Crippen molar-refractivity contribution in [1.82, 2.24) is 0 Å². The fourth-order valence-electron chi connectivity index (χ4n) is 2.43. The first kappa shape index (κ1) is 18.7. The summed E-state index contributed by atoms with van der Waals surface area (Å²) in [4.78, 5) is 44.1. The smallest absolute Gasteiger partial charge is 0.307 e. The first-order chi connectivity index (χ1) is 11.0. The minimum Gasteiger partial charge on any atom is -0.481 e. The van der Waals surface area contributed by atoms with Crippen LogP contribution in [0.4, 0.5) is 11.4 Å². The lowest BCUT2D eigenvalue weighted by Gasteiger charge is -2.21. The molecule has 130 valence electrons. The standard InChI is InChI=1S/C14H16N2O8/c15-13-6(2-10(19)20)5(1-9(17)18)7(3-11(21)22)14(16)8(13)4-12(23)24/h1-4,15-16H2,(H,17,18)(H,19,20)(H,21,22)(H,23,24). The van der Waals surface area contributed by atoms with Gasteiger partial charge in [-0.15, -0.1) is 0 Å². The van der Waals surface area contributed by atoms with Gasteiger partial charge >= 0.3 is 23.9 Å². The Balaban J connectivity index is 3.78. The van der Waals surface area contributed by atoms with Crippen molar-refractivity contribution in [3.05, 3.63) is 22.3 Å². The zero-order valence-corrected chi connectivity index (χ0v) is 12.4. The zero-order valence-electron chi connectivity index (χ0n) is 12.4. The molecule has 0 heterocycles. The Morgan fingerprint density at radius 1 is 0.542 bits per heavy atom. The molecule has 0 aliphatic rings. The number of hydrogen-bond donors (Lipinski definition) is 6. The number of anilines is 2. The highest BCUT2D eigenvalue weighted by atomic mass is 16.4. The van der Waals surface area contributed by atoms with Crippen LogP contribution in [0, 0.1) is 0 Å². The number of nitrogen functional groups attached to an aromatic ring is 2. The Morgan fingerprint density at radius 2 is 0.792 bits per heavy atom. The lowest BCUT2D eigenvalue weighted by atomic mass is 9.87. The highest BCUT2D eigenvalue weighted by Crippen LogP contribution is 2.34. The Morgan fingerprint density at radius 3 is 1.08 bits per heavy atom. The van der Waals surface area contributed by atoms with Gasteiger partial charge in [0, 0.05) is 16.9 Å². The molecule has 0 bridgehead atoms. The summed E-state index contributed by atoms with van der Waals surface area (Å²) in [5.74, 6) is -5.30. The molecule has 0 radical (unpaired) electrons. The number of rotatable bonds is 8. The highest BCUT2D eigenvalue weighted by molar-refractivity contribution is 5.87. The van der Waals surface area contributed by atoms with Gasteiger partial charge in [0.05, 0.1) is 25.7 Å². The molecule has 10 heteroatoms. The summed E-state index contributed by atoms with van der Waals surface area (Å²) in [6, 6.07) is 0. The molecule has 0 fully saturated rings. The van der Waals surface area contributed by atoms with E-state index in [0.29, 0.717) is 0 Å². The number of hydrogen-bond acceptors (Lipinski definition) is 6. The van der Waals surface area contributed by atoms with Gasteiger partial charge in [0.1, 0.15) is 0 Å². The van der Waals surface area contributed by atoms with Crippen molar-refractivity contribution >= 4 is 35.3 Å². The van der Waals surface area contributed by atoms with Crippen molar-refractivity contribution in [2.75, 3.05) is 11.5 Å². The molecule has 0 saturated carbocycles. The van der Waals surface area contributed by atoms with Gasteiger partial charge in [0.25, 0.3) is 0 Å². The SMILES string of the molecule is Nc1c(CC(=O)O)c(N)c(CC(=O)O)c(CC(=O)O)c1CC(=O)O. The minimum atomic E-state index is -1.34. The van der Waals surface area contributed by atoms with E-state index in [-0.39, 0.29) is 33.6 Å². The van der Waals surface area contributed by atoms with Crippen LogP contribution in [0.5, 0.6) is 0 Å². The van der Waals surface area contributed by atoms with E-state index in [9.17, 15) is 19.2 Å². The van der Waals surface area contributed by atoms with Gasteiger partial charge in [0.2, 0.25) is 0 Å². The summed E-state index contributed by atoms with van der Waals surface area (Å²) in [6.45, 7) is 0. The maximum atomic E-state index is 11.1. The van der Waals surface area contributed by atoms with E-state index in [4.69, 9.17) is 31.9 Å². The molecule has 0 aromatic heterocycles. The summed E-state index contributed by atoms with van der Waals surface area (Å²) >= 11 is 0. The van der Waals surface area contributed by atoms with E-state index in [2.05, 4.69) is 0 Å². The molecule has 0 amide bonds. The summed E-state index contributed by atoms with van der Waals surface area (Å²) in [5, 5.41) is 35.9. The minimum absolute atomic E-state index is 0.114. The van der Waals surface area contributed by atoms with Gasteiger partial charge in [-0.05, 0) is 16.7 Å². The lowest BCUT2D eigenvalue weighted by Crippen LogP contribution is -2.20. The van der Waals surface area contributed by atoms with Gasteiger partial charge in [-0.25, -0.2) is 0 Å². The van der Waals surface area contributed by atoms with Crippen LogP contribution < -0.4 is 11.5 Å². The number of carbonyl (C=O) groups is 4. The molecule has 1 aromatic carbocycles. The summed E-state index contributed by atoms with van der Waals surface area (Å²) in [5.41, 5.74) is 10.6. The molecule has 0 unspecified atom stereocenters. The van der Waals surface area contributed by atoms with Crippen molar-refractivity contribution in [2.45, 2.75) is 25.7 Å². The van der Waals surface area contributed by atoms with Gasteiger partial charge in [0.15, 0.2) is 0 Å². The van der Waals surface area contributed by atoms with Crippen molar-refractivity contribution in [2.24, 2.45) is 0 Å². The number of benzene rings is 1. The quantitative estimate of drug-likeness (QED) is 0.330. The predicted molar refractivity (Wildman–Crippen MR) is 80.6 cm³/mol. The van der Waals surface area contributed by atoms with Crippen molar-refractivity contribution in [1.29, 1.82) is 0 Å². The van der Waals surface area contributed by atoms with Gasteiger partial charge in [-0.2, -0.15) is 0 Å². The number of carboxylic acids is 4. The molecular formula is C14H16N2O8. The first-order valence-electron chi connectivity index (χ1n) is 6.62. The summed E-state index contributed by atoms with van der Waals surface area (Å²) in [7, 11) is 0. The van der Waals surface area contributed by atoms with Crippen LogP contribution in [-0.2, 0) is 44.9 Å². The third-order valence-corrected chi connectivity index (χ3v) is 3.34. The van der Waals surface area contributed by atoms with E-state index in [1.54, 1.807) is 0 Å². The normalized spacial score (nSPS) is 10.3. The van der Waals surface area contributed by atoms with Crippen molar-refractivity contribution < 1.29 is 39.6 Å². The molecule has 0 aliphatic heterocycles. The lowest BCUT2D eigenvalue weighted by molar-refractivity contribution is -0.137. The second-order valence-corrected chi connectivity index (χ2v) is 5.02. The Kier molecular flexibility index (Phi) is 5.71. The Bertz CT molecular complexity index is 683. The first-order valence-corrected chi connectivity index (χ1v) is 6.62. The second-order valence-electron chi connectivity index (χ2n) is 5.02. The molecule has 0 atom stereocenters. The van der Waals surface area contributed by atoms with Crippen molar-refractivity contribution in [3.8, 4) is 0 Å². The fraction of sp³-hybridized carbons (Fsp3) is 0.286. The molecule has 0 aliphatic carbocycles. The zero-order chi connectivity index (χ0) is 18.6. The van der Waals surface area contributed by atoms with Crippen LogP contribution in [0.1, 0.15) is 22.3 Å². The maximum absolute atomic E-state index is 11.1. The third-order valence-electron chi connectivity index (χ3n) is 3.34. The number of nitrogens with two attached hydrogens (primary N) is 2. The van der Waals surface area contributed by atoms with Crippen LogP contribution in [0.3, 0.4) is 0 Å². The Labute approximate surface area is 135 Å². The fourth-order valence-corrected chi connectivity index (χ4v) is 2.43. The molecule has 8 N–H and O–H groups in total. The van der Waals surface area contributed by atoms with Crippen LogP contribution >= 0.6 is 0 Å². The predicted octanol–water partition coefficient (Wildman–Crippen LogP) is -0.641. The van der Waals surface area contributed by atoms with E-state index in [1.807, 2.05) is 0 Å². The molecule has 24 heavy (non-hydrogen) atoms. The van der Waals surface area contributed by atoms with Gasteiger partial charge in [-0.3, -0.25) is 19.2 Å². The topological polar surface area (TPSA) is 201 Å². The molecule has 0 spiro atoms. The summed E-state index contributed by atoms with van der Waals surface area (Å²) in [6.07, 6.45) is -2.71. The Hall–Kier alpha value is -3.30. The van der Waals surface area contributed by atoms with E-state index >= 15 is 0 Å². The van der Waals surface area contributed by atoms with E-state index in [1.165, 1.54) is 0 Å². The van der Waals surface area contributed by atoms with Crippen molar-refractivity contribution in [3.63, 3.8) is 0 Å². The third kappa shape index (κ3) is 4.35. The maximum Gasteiger partial charge on any atom is 0.307 e. The number of aliphatic carboxylic acids is 4. The monoisotopic (exact) mass is 340 g/mol. The largest absolute Gasteiger partial charge is 0.481 e. The van der Waals surface area contributed by atoms with Crippen LogP contribution in [0.2, 0.25) is 0 Å². The average Bonchev–Trinajstić information content (AvgIpc) is 2.42. The number of carboxylic acid groups (broad SMARTS) is 4. The highest BCUT2D eigenvalue weighted by Gasteiger charge is 2.25. The summed E-state index contributed by atoms with van der Waals surface area (Å²) < 4.78 is 0. The molecule has 10 nitrogen and oxygen atoms in total. The van der Waals surface area contributed by atoms with E-state index in [0.717, 1.165) is 0 Å². The second kappa shape index (κ2) is 7.31. The molecule has 1 aromatic rings. The van der Waals surface area contributed by atoms with Gasteiger partial charge < -0.3 is 31.9 Å². The van der Waals surface area contributed by atoms with Crippen LogP contribution in [-0.4, -0.2) is 44.3 Å².